The molecule has 0 bridgehead atoms. The van der Waals surface area contributed by atoms with Crippen LogP contribution in [0.2, 0.25) is 5.15 Å². The minimum absolute atomic E-state index is 0.0386. The molecule has 1 amide bonds. The first-order valence-electron chi connectivity index (χ1n) is 10.8. The topological polar surface area (TPSA) is 109 Å². The van der Waals surface area contributed by atoms with Crippen molar-refractivity contribution in [1.82, 2.24) is 9.29 Å². The van der Waals surface area contributed by atoms with E-state index in [1.165, 1.54) is 33.5 Å². The zero-order valence-electron chi connectivity index (χ0n) is 18.4. The van der Waals surface area contributed by atoms with E-state index in [9.17, 15) is 26.4 Å². The second-order valence-electron chi connectivity index (χ2n) is 8.11. The van der Waals surface area contributed by atoms with Gasteiger partial charge in [0.05, 0.1) is 17.0 Å². The molecule has 2 aromatic rings. The van der Waals surface area contributed by atoms with Gasteiger partial charge in [0.1, 0.15) is 17.1 Å². The lowest BCUT2D eigenvalue weighted by atomic mass is 10.2. The number of piperazine rings is 1. The third-order valence-electron chi connectivity index (χ3n) is 5.82. The maximum atomic E-state index is 13.1. The molecule has 4 rings (SSSR count). The second-order valence-corrected chi connectivity index (χ2v) is 10.4. The number of nitrogens with zero attached hydrogens (tertiary/aromatic N) is 4. The molecule has 1 aromatic heterocycles. The van der Waals surface area contributed by atoms with Crippen LogP contribution in [0.1, 0.15) is 12.0 Å². The summed E-state index contributed by atoms with van der Waals surface area (Å²) in [7, 11) is -3.85. The summed E-state index contributed by atoms with van der Waals surface area (Å²) < 4.78 is 72.0. The van der Waals surface area contributed by atoms with Gasteiger partial charge in [0.15, 0.2) is 0 Å². The van der Waals surface area contributed by atoms with Crippen LogP contribution >= 0.6 is 11.6 Å². The minimum Gasteiger partial charge on any atom is -0.444 e. The van der Waals surface area contributed by atoms with Gasteiger partial charge in [0.25, 0.3) is 0 Å². The largest absolute Gasteiger partial charge is 0.444 e. The van der Waals surface area contributed by atoms with Crippen LogP contribution in [-0.2, 0) is 20.9 Å². The number of amides is 1. The first-order chi connectivity index (χ1) is 16.5. The first-order valence-corrected chi connectivity index (χ1v) is 12.6. The van der Waals surface area contributed by atoms with Gasteiger partial charge in [0, 0.05) is 31.9 Å². The monoisotopic (exact) mass is 533 g/mol. The standard InChI is InChI=1S/C21H23ClF3N5O4S/c22-18-11-14(21(23,24)25)12-19(27-18)28-7-9-29(10-8-28)35(32,33)17-3-1-15(2-4-17)30-13-16(5-6-26)34-20(30)31/h1-4,11-12,16H,5-10,13,26H2. The normalized spacial score (nSPS) is 19.8. The van der Waals surface area contributed by atoms with Crippen molar-refractivity contribution in [3.63, 3.8) is 0 Å². The Kier molecular flexibility index (Phi) is 7.13. The number of rotatable bonds is 6. The molecule has 14 heteroatoms. The van der Waals surface area contributed by atoms with Gasteiger partial charge < -0.3 is 15.4 Å². The molecule has 2 fully saturated rings. The summed E-state index contributed by atoms with van der Waals surface area (Å²) in [6.07, 6.45) is -4.87. The van der Waals surface area contributed by atoms with Crippen LogP contribution in [-0.4, -0.2) is 69.2 Å². The summed E-state index contributed by atoms with van der Waals surface area (Å²) in [5, 5.41) is -0.291. The van der Waals surface area contributed by atoms with E-state index in [1.807, 2.05) is 0 Å². The zero-order chi connectivity index (χ0) is 25.4. The number of hydrogen-bond donors (Lipinski definition) is 1. The Morgan fingerprint density at radius 2 is 1.77 bits per heavy atom. The third-order valence-corrected chi connectivity index (χ3v) is 7.93. The highest BCUT2D eigenvalue weighted by molar-refractivity contribution is 7.89. The number of carbonyl (C=O) groups is 1. The summed E-state index contributed by atoms with van der Waals surface area (Å²) in [5.74, 6) is 0.0386. The van der Waals surface area contributed by atoms with Crippen LogP contribution in [0, 0.1) is 0 Å². The van der Waals surface area contributed by atoms with Crippen molar-refractivity contribution in [3.05, 3.63) is 47.1 Å². The fourth-order valence-corrected chi connectivity index (χ4v) is 5.61. The summed E-state index contributed by atoms with van der Waals surface area (Å²) in [5.41, 5.74) is 5.10. The molecule has 2 aliphatic heterocycles. The number of anilines is 2. The molecule has 0 aliphatic carbocycles. The number of nitrogens with two attached hydrogens (primary N) is 1. The number of sulfonamides is 1. The summed E-state index contributed by atoms with van der Waals surface area (Å²) in [4.78, 5) is 19.1. The smallest absolute Gasteiger partial charge is 0.416 e. The number of pyridine rings is 1. The lowest BCUT2D eigenvalue weighted by Crippen LogP contribution is -2.49. The van der Waals surface area contributed by atoms with Crippen LogP contribution in [0.3, 0.4) is 0 Å². The van der Waals surface area contributed by atoms with Crippen molar-refractivity contribution < 1.29 is 31.1 Å². The molecule has 0 spiro atoms. The summed E-state index contributed by atoms with van der Waals surface area (Å²) in [6.45, 7) is 1.11. The van der Waals surface area contributed by atoms with E-state index < -0.39 is 27.9 Å². The second kappa shape index (κ2) is 9.80. The SMILES string of the molecule is NCCC1CN(c2ccc(S(=O)(=O)N3CCN(c4cc(C(F)(F)F)cc(Cl)n4)CC3)cc2)C(=O)O1. The van der Waals surface area contributed by atoms with Crippen LogP contribution < -0.4 is 15.5 Å². The van der Waals surface area contributed by atoms with E-state index in [1.54, 1.807) is 4.90 Å². The molecule has 2 aliphatic rings. The maximum absolute atomic E-state index is 13.1. The molecular formula is C21H23ClF3N5O4S. The lowest BCUT2D eigenvalue weighted by molar-refractivity contribution is -0.137. The quantitative estimate of drug-likeness (QED) is 0.569. The van der Waals surface area contributed by atoms with Crippen LogP contribution in [0.15, 0.2) is 41.3 Å². The van der Waals surface area contributed by atoms with Crippen LogP contribution in [0.25, 0.3) is 0 Å². The molecule has 190 valence electrons. The van der Waals surface area contributed by atoms with E-state index in [0.717, 1.165) is 12.1 Å². The van der Waals surface area contributed by atoms with Crippen molar-refractivity contribution in [2.75, 3.05) is 49.1 Å². The Morgan fingerprint density at radius 3 is 2.37 bits per heavy atom. The van der Waals surface area contributed by atoms with E-state index in [-0.39, 0.29) is 48.1 Å². The van der Waals surface area contributed by atoms with Crippen molar-refractivity contribution in [3.8, 4) is 0 Å². The predicted molar refractivity (Wildman–Crippen MR) is 123 cm³/mol. The van der Waals surface area contributed by atoms with Gasteiger partial charge in [-0.05, 0) is 49.4 Å². The number of halogens is 4. The van der Waals surface area contributed by atoms with Gasteiger partial charge >= 0.3 is 12.3 Å². The Bertz CT molecular complexity index is 1190. The molecule has 1 unspecified atom stereocenters. The van der Waals surface area contributed by atoms with E-state index in [2.05, 4.69) is 4.98 Å². The average molecular weight is 534 g/mol. The molecule has 1 aromatic carbocycles. The van der Waals surface area contributed by atoms with Crippen LogP contribution in [0.4, 0.5) is 29.5 Å². The van der Waals surface area contributed by atoms with Gasteiger partial charge in [-0.1, -0.05) is 11.6 Å². The fraction of sp³-hybridized carbons (Fsp3) is 0.429. The Labute approximate surface area is 205 Å². The van der Waals surface area contributed by atoms with Gasteiger partial charge in [-0.15, -0.1) is 0 Å². The molecule has 1 atom stereocenters. The van der Waals surface area contributed by atoms with Crippen molar-refractivity contribution >= 4 is 39.2 Å². The van der Waals surface area contributed by atoms with Gasteiger partial charge in [-0.25, -0.2) is 18.2 Å². The fourth-order valence-electron chi connectivity index (χ4n) is 3.98. The van der Waals surface area contributed by atoms with E-state index in [0.29, 0.717) is 25.2 Å². The highest BCUT2D eigenvalue weighted by Gasteiger charge is 2.35. The van der Waals surface area contributed by atoms with Crippen molar-refractivity contribution in [1.29, 1.82) is 0 Å². The van der Waals surface area contributed by atoms with E-state index in [4.69, 9.17) is 22.1 Å². The molecule has 35 heavy (non-hydrogen) atoms. The number of hydrogen-bond acceptors (Lipinski definition) is 7. The minimum atomic E-state index is -4.57. The van der Waals surface area contributed by atoms with E-state index >= 15 is 0 Å². The summed E-state index contributed by atoms with van der Waals surface area (Å²) in [6, 6.07) is 7.53. The number of ether oxygens (including phenoxy) is 1. The third kappa shape index (κ3) is 5.47. The molecular weight excluding hydrogens is 511 g/mol. The van der Waals surface area contributed by atoms with Crippen molar-refractivity contribution in [2.45, 2.75) is 23.6 Å². The Hall–Kier alpha value is -2.61. The number of cyclic esters (lactones) is 1. The molecule has 2 saturated heterocycles. The Balaban J connectivity index is 1.43. The number of aromatic nitrogens is 1. The van der Waals surface area contributed by atoms with Crippen molar-refractivity contribution in [2.24, 2.45) is 5.73 Å². The highest BCUT2D eigenvalue weighted by atomic mass is 35.5. The maximum Gasteiger partial charge on any atom is 0.416 e. The number of benzene rings is 1. The first kappa shape index (κ1) is 25.5. The van der Waals surface area contributed by atoms with Crippen LogP contribution in [0.5, 0.6) is 0 Å². The molecule has 3 heterocycles. The summed E-state index contributed by atoms with van der Waals surface area (Å²) >= 11 is 5.77. The highest BCUT2D eigenvalue weighted by Crippen LogP contribution is 2.33. The van der Waals surface area contributed by atoms with Gasteiger partial charge in [-0.3, -0.25) is 4.90 Å². The average Bonchev–Trinajstić information content (AvgIpc) is 3.18. The zero-order valence-corrected chi connectivity index (χ0v) is 20.0. The number of alkyl halides is 3. The number of carbonyl (C=O) groups excluding carboxylic acids is 1. The molecule has 0 radical (unpaired) electrons. The Morgan fingerprint density at radius 1 is 1.11 bits per heavy atom. The van der Waals surface area contributed by atoms with Gasteiger partial charge in [-0.2, -0.15) is 17.5 Å². The molecule has 0 saturated carbocycles. The molecule has 9 nitrogen and oxygen atoms in total. The predicted octanol–water partition coefficient (Wildman–Crippen LogP) is 2.94. The molecule has 2 N–H and O–H groups in total. The van der Waals surface area contributed by atoms with Gasteiger partial charge in [0.2, 0.25) is 10.0 Å². The lowest BCUT2D eigenvalue weighted by Gasteiger charge is -2.35.